The first-order valence-corrected chi connectivity index (χ1v) is 16.0. The smallest absolute Gasteiger partial charge is 0.323 e. The molecule has 238 valence electrons. The molecule has 0 unspecified atom stereocenters. The number of hydrogen-bond acceptors (Lipinski definition) is 8. The van der Waals surface area contributed by atoms with Crippen LogP contribution in [0.15, 0.2) is 77.9 Å². The molecule has 0 saturated carbocycles. The molecule has 11 nitrogen and oxygen atoms in total. The van der Waals surface area contributed by atoms with Gasteiger partial charge in [-0.1, -0.05) is 53.2 Å². The minimum absolute atomic E-state index is 0.145. The van der Waals surface area contributed by atoms with Crippen molar-refractivity contribution >= 4 is 50.6 Å². The van der Waals surface area contributed by atoms with Gasteiger partial charge in [-0.25, -0.2) is 9.48 Å². The van der Waals surface area contributed by atoms with Crippen molar-refractivity contribution in [3.63, 3.8) is 0 Å². The number of aromatic amines is 2. The molecule has 1 saturated heterocycles. The molecule has 0 radical (unpaired) electrons. The average molecular weight is 647 g/mol. The lowest BCUT2D eigenvalue weighted by atomic mass is 9.98. The van der Waals surface area contributed by atoms with Crippen molar-refractivity contribution in [3.8, 4) is 6.07 Å². The monoisotopic (exact) mass is 646 g/mol. The van der Waals surface area contributed by atoms with Crippen LogP contribution in [0.25, 0.3) is 21.9 Å². The standard InChI is InChI=1S/C35H35ClN10O/c1-35(2,3)45-14-12-24(13-15-45)46-20-29(43-44-46)31(21-8-5-4-6-9-21)40-28-17-23(36)16-25-30(22(18-37)19-38-32(25)28)39-26-10-7-11-27-33(26)42-34(47)41-27/h4-11,16-17,19-20,24,31,40H,12-15H2,1-3H3,(H,38,39)(H2,41,42,47)/t31-/m0/s1. The first-order valence-electron chi connectivity index (χ1n) is 15.7. The zero-order valence-corrected chi connectivity index (χ0v) is 27.1. The van der Waals surface area contributed by atoms with E-state index in [0.717, 1.165) is 37.2 Å². The summed E-state index contributed by atoms with van der Waals surface area (Å²) in [5.74, 6) is 0. The third kappa shape index (κ3) is 6.05. The molecule has 0 spiro atoms. The molecule has 7 rings (SSSR count). The number of nitriles is 1. The number of H-pyrrole nitrogens is 2. The normalized spacial score (nSPS) is 15.1. The molecule has 3 aromatic carbocycles. The van der Waals surface area contributed by atoms with Gasteiger partial charge in [0.25, 0.3) is 0 Å². The molecular formula is C35H35ClN10O. The van der Waals surface area contributed by atoms with Gasteiger partial charge >= 0.3 is 5.69 Å². The van der Waals surface area contributed by atoms with Gasteiger partial charge in [-0.05, 0) is 63.4 Å². The molecule has 1 atom stereocenters. The average Bonchev–Trinajstić information content (AvgIpc) is 3.71. The summed E-state index contributed by atoms with van der Waals surface area (Å²) in [4.78, 5) is 24.9. The number of halogens is 1. The van der Waals surface area contributed by atoms with E-state index in [9.17, 15) is 10.1 Å². The van der Waals surface area contributed by atoms with Crippen LogP contribution in [0.3, 0.4) is 0 Å². The fraction of sp³-hybridized carbons (Fsp3) is 0.286. The molecule has 1 aliphatic heterocycles. The molecule has 4 N–H and O–H groups in total. The number of imidazole rings is 1. The Labute approximate surface area is 276 Å². The van der Waals surface area contributed by atoms with E-state index in [0.29, 0.717) is 49.6 Å². The number of nitrogens with one attached hydrogen (secondary N) is 4. The molecule has 0 bridgehead atoms. The lowest BCUT2D eigenvalue weighted by Gasteiger charge is -2.40. The third-order valence-corrected chi connectivity index (χ3v) is 9.13. The molecule has 1 aliphatic rings. The summed E-state index contributed by atoms with van der Waals surface area (Å²) in [6, 6.07) is 21.3. The number of rotatable bonds is 7. The van der Waals surface area contributed by atoms with Crippen molar-refractivity contribution in [2.75, 3.05) is 23.7 Å². The van der Waals surface area contributed by atoms with Crippen LogP contribution in [0.5, 0.6) is 0 Å². The molecule has 3 aromatic heterocycles. The van der Waals surface area contributed by atoms with Gasteiger partial charge in [0.05, 0.1) is 57.5 Å². The fourth-order valence-corrected chi connectivity index (χ4v) is 6.64. The van der Waals surface area contributed by atoms with Crippen molar-refractivity contribution in [2.24, 2.45) is 0 Å². The molecular weight excluding hydrogens is 612 g/mol. The van der Waals surface area contributed by atoms with Gasteiger partial charge in [-0.2, -0.15) is 5.26 Å². The quantitative estimate of drug-likeness (QED) is 0.147. The van der Waals surface area contributed by atoms with E-state index < -0.39 is 0 Å². The van der Waals surface area contributed by atoms with Crippen LogP contribution >= 0.6 is 11.6 Å². The van der Waals surface area contributed by atoms with Gasteiger partial charge in [-0.15, -0.1) is 5.10 Å². The summed E-state index contributed by atoms with van der Waals surface area (Å²) in [5, 5.41) is 27.5. The van der Waals surface area contributed by atoms with Crippen LogP contribution in [0.4, 0.5) is 17.1 Å². The van der Waals surface area contributed by atoms with E-state index in [4.69, 9.17) is 16.6 Å². The van der Waals surface area contributed by atoms with Crippen LogP contribution in [0.2, 0.25) is 5.02 Å². The first-order chi connectivity index (χ1) is 22.7. The molecule has 12 heteroatoms. The second kappa shape index (κ2) is 12.2. The van der Waals surface area contributed by atoms with Gasteiger partial charge in [0.2, 0.25) is 0 Å². The highest BCUT2D eigenvalue weighted by Gasteiger charge is 2.29. The fourth-order valence-electron chi connectivity index (χ4n) is 6.43. The van der Waals surface area contributed by atoms with Crippen molar-refractivity contribution in [1.82, 2.24) is 34.8 Å². The Hall–Kier alpha value is -5.18. The largest absolute Gasteiger partial charge is 0.371 e. The Morgan fingerprint density at radius 3 is 2.57 bits per heavy atom. The maximum atomic E-state index is 12.1. The maximum Gasteiger partial charge on any atom is 0.323 e. The Bertz CT molecular complexity index is 2160. The predicted molar refractivity (Wildman–Crippen MR) is 185 cm³/mol. The SMILES string of the molecule is CC(C)(C)N1CCC(n2cc([C@@H](Nc3cc(Cl)cc4c(Nc5cccc6[nH]c(=O)[nH]c56)c(C#N)cnc34)c3ccccc3)nn2)CC1. The van der Waals surface area contributed by atoms with Gasteiger partial charge in [0, 0.05) is 35.2 Å². The zero-order valence-electron chi connectivity index (χ0n) is 26.4. The molecule has 1 fully saturated rings. The zero-order chi connectivity index (χ0) is 32.7. The summed E-state index contributed by atoms with van der Waals surface area (Å²) >= 11 is 6.75. The van der Waals surface area contributed by atoms with E-state index in [2.05, 4.69) is 74.8 Å². The van der Waals surface area contributed by atoms with E-state index in [-0.39, 0.29) is 23.3 Å². The summed E-state index contributed by atoms with van der Waals surface area (Å²) in [6.45, 7) is 8.81. The second-order valence-corrected chi connectivity index (χ2v) is 13.4. The number of anilines is 3. The second-order valence-electron chi connectivity index (χ2n) is 12.9. The number of pyridine rings is 1. The lowest BCUT2D eigenvalue weighted by Crippen LogP contribution is -2.46. The number of hydrogen-bond donors (Lipinski definition) is 4. The van der Waals surface area contributed by atoms with Crippen molar-refractivity contribution < 1.29 is 0 Å². The highest BCUT2D eigenvalue weighted by atomic mass is 35.5. The van der Waals surface area contributed by atoms with Gasteiger partial charge in [-0.3, -0.25) is 9.88 Å². The third-order valence-electron chi connectivity index (χ3n) is 8.91. The Morgan fingerprint density at radius 2 is 1.83 bits per heavy atom. The molecule has 0 aliphatic carbocycles. The summed E-state index contributed by atoms with van der Waals surface area (Å²) in [6.07, 6.45) is 5.60. The Kier molecular flexibility index (Phi) is 7.91. The number of aromatic nitrogens is 6. The van der Waals surface area contributed by atoms with Crippen LogP contribution in [0, 0.1) is 11.3 Å². The van der Waals surface area contributed by atoms with Gasteiger partial charge in [0.15, 0.2) is 0 Å². The molecule has 6 aromatic rings. The van der Waals surface area contributed by atoms with Crippen molar-refractivity contribution in [2.45, 2.75) is 51.2 Å². The topological polar surface area (TPSA) is 143 Å². The maximum absolute atomic E-state index is 12.1. The highest BCUT2D eigenvalue weighted by Crippen LogP contribution is 2.38. The van der Waals surface area contributed by atoms with Gasteiger partial charge < -0.3 is 20.6 Å². The number of likely N-dealkylation sites (tertiary alicyclic amines) is 1. The van der Waals surface area contributed by atoms with Crippen LogP contribution < -0.4 is 16.3 Å². The predicted octanol–water partition coefficient (Wildman–Crippen LogP) is 6.90. The van der Waals surface area contributed by atoms with Crippen LogP contribution in [-0.2, 0) is 0 Å². The van der Waals surface area contributed by atoms with Gasteiger partial charge in [0.1, 0.15) is 11.8 Å². The summed E-state index contributed by atoms with van der Waals surface area (Å²) in [5.41, 5.74) is 5.65. The van der Waals surface area contributed by atoms with Crippen LogP contribution in [0.1, 0.15) is 62.5 Å². The molecule has 4 heterocycles. The van der Waals surface area contributed by atoms with E-state index >= 15 is 0 Å². The van der Waals surface area contributed by atoms with Crippen molar-refractivity contribution in [1.29, 1.82) is 5.26 Å². The van der Waals surface area contributed by atoms with Crippen LogP contribution in [-0.4, -0.2) is 53.5 Å². The van der Waals surface area contributed by atoms with E-state index in [1.165, 1.54) is 0 Å². The summed E-state index contributed by atoms with van der Waals surface area (Å²) < 4.78 is 2.01. The Morgan fingerprint density at radius 1 is 1.04 bits per heavy atom. The number of para-hydroxylation sites is 1. The molecule has 47 heavy (non-hydrogen) atoms. The molecule has 0 amide bonds. The van der Waals surface area contributed by atoms with E-state index in [1.54, 1.807) is 12.3 Å². The lowest BCUT2D eigenvalue weighted by molar-refractivity contribution is 0.0866. The Balaban J connectivity index is 1.26. The number of nitrogens with zero attached hydrogens (tertiary/aromatic N) is 6. The van der Waals surface area contributed by atoms with E-state index in [1.807, 2.05) is 53.3 Å². The summed E-state index contributed by atoms with van der Waals surface area (Å²) in [7, 11) is 0. The number of benzene rings is 3. The van der Waals surface area contributed by atoms with Crippen molar-refractivity contribution in [3.05, 3.63) is 105 Å². The number of piperidine rings is 1. The minimum atomic E-state index is -0.353. The highest BCUT2D eigenvalue weighted by molar-refractivity contribution is 6.32. The first kappa shape index (κ1) is 30.5. The minimum Gasteiger partial charge on any atom is -0.371 e. The number of fused-ring (bicyclic) bond motifs is 2.